The summed E-state index contributed by atoms with van der Waals surface area (Å²) in [5.41, 5.74) is 0. The zero-order valence-electron chi connectivity index (χ0n) is 6.36. The SMILES string of the molecule is C[C@H](CC(Br)C(=O)O)C(=O)OO. The molecule has 0 aliphatic carbocycles. The Bertz CT molecular complexity index is 181. The van der Waals surface area contributed by atoms with E-state index in [1.54, 1.807) is 0 Å². The van der Waals surface area contributed by atoms with Gasteiger partial charge in [-0.3, -0.25) is 4.79 Å². The highest BCUT2D eigenvalue weighted by Crippen LogP contribution is 2.14. The van der Waals surface area contributed by atoms with Gasteiger partial charge in [0.15, 0.2) is 0 Å². The van der Waals surface area contributed by atoms with Crippen molar-refractivity contribution in [3.8, 4) is 0 Å². The van der Waals surface area contributed by atoms with Crippen LogP contribution < -0.4 is 0 Å². The van der Waals surface area contributed by atoms with E-state index in [2.05, 4.69) is 20.8 Å². The molecule has 12 heavy (non-hydrogen) atoms. The van der Waals surface area contributed by atoms with Crippen molar-refractivity contribution in [1.29, 1.82) is 0 Å². The molecule has 1 unspecified atom stereocenters. The highest BCUT2D eigenvalue weighted by molar-refractivity contribution is 9.10. The van der Waals surface area contributed by atoms with Crippen LogP contribution in [0.4, 0.5) is 0 Å². The third-order valence-corrected chi connectivity index (χ3v) is 2.09. The van der Waals surface area contributed by atoms with Crippen LogP contribution in [0.1, 0.15) is 13.3 Å². The second kappa shape index (κ2) is 5.10. The van der Waals surface area contributed by atoms with E-state index < -0.39 is 22.7 Å². The molecule has 0 bridgehead atoms. The van der Waals surface area contributed by atoms with Gasteiger partial charge in [-0.05, 0) is 6.42 Å². The fraction of sp³-hybridized carbons (Fsp3) is 0.667. The molecule has 0 radical (unpaired) electrons. The first-order valence-electron chi connectivity index (χ1n) is 3.21. The molecule has 0 saturated heterocycles. The van der Waals surface area contributed by atoms with Gasteiger partial charge in [-0.2, -0.15) is 5.26 Å². The molecule has 0 fully saturated rings. The molecule has 2 atom stereocenters. The Morgan fingerprint density at radius 3 is 2.42 bits per heavy atom. The van der Waals surface area contributed by atoms with E-state index in [1.165, 1.54) is 6.92 Å². The van der Waals surface area contributed by atoms with E-state index in [0.29, 0.717) is 0 Å². The number of halogens is 1. The standard InChI is InChI=1S/C6H9BrO5/c1-3(6(10)12-11)2-4(7)5(8)9/h3-4,11H,2H2,1H3,(H,8,9)/t3-,4?/m1/s1. The fourth-order valence-corrected chi connectivity index (χ4v) is 1.16. The number of alkyl halides is 1. The molecule has 70 valence electrons. The molecule has 0 aliphatic rings. The van der Waals surface area contributed by atoms with Crippen molar-refractivity contribution in [2.75, 3.05) is 0 Å². The Morgan fingerprint density at radius 1 is 1.58 bits per heavy atom. The van der Waals surface area contributed by atoms with Gasteiger partial charge >= 0.3 is 11.9 Å². The van der Waals surface area contributed by atoms with Crippen LogP contribution in [-0.2, 0) is 14.5 Å². The Hall–Kier alpha value is -0.620. The molecule has 0 rings (SSSR count). The van der Waals surface area contributed by atoms with Gasteiger partial charge in [0.05, 0.1) is 5.92 Å². The minimum absolute atomic E-state index is 0.0781. The van der Waals surface area contributed by atoms with Crippen LogP contribution in [0.2, 0.25) is 0 Å². The zero-order chi connectivity index (χ0) is 9.72. The van der Waals surface area contributed by atoms with Crippen molar-refractivity contribution in [2.24, 2.45) is 5.92 Å². The fourth-order valence-electron chi connectivity index (χ4n) is 0.597. The predicted molar refractivity (Wildman–Crippen MR) is 42.9 cm³/mol. The summed E-state index contributed by atoms with van der Waals surface area (Å²) >= 11 is 2.85. The first-order valence-corrected chi connectivity index (χ1v) is 4.12. The highest BCUT2D eigenvalue weighted by Gasteiger charge is 2.22. The van der Waals surface area contributed by atoms with E-state index in [-0.39, 0.29) is 6.42 Å². The number of carboxylic acids is 1. The van der Waals surface area contributed by atoms with Crippen molar-refractivity contribution in [3.05, 3.63) is 0 Å². The van der Waals surface area contributed by atoms with Crippen molar-refractivity contribution < 1.29 is 24.8 Å². The maximum absolute atomic E-state index is 10.6. The summed E-state index contributed by atoms with van der Waals surface area (Å²) in [5, 5.41) is 16.4. The lowest BCUT2D eigenvalue weighted by Crippen LogP contribution is -2.21. The molecule has 0 heterocycles. The number of hydrogen-bond donors (Lipinski definition) is 2. The van der Waals surface area contributed by atoms with Gasteiger partial charge in [-0.1, -0.05) is 22.9 Å². The first-order chi connectivity index (χ1) is 5.49. The monoisotopic (exact) mass is 240 g/mol. The minimum Gasteiger partial charge on any atom is -0.480 e. The molecular weight excluding hydrogens is 232 g/mol. The second-order valence-corrected chi connectivity index (χ2v) is 3.46. The maximum atomic E-state index is 10.6. The number of rotatable bonds is 4. The van der Waals surface area contributed by atoms with Gasteiger partial charge in [0, 0.05) is 0 Å². The normalized spacial score (nSPS) is 14.9. The summed E-state index contributed by atoms with van der Waals surface area (Å²) in [5.74, 6) is -2.52. The van der Waals surface area contributed by atoms with Crippen molar-refractivity contribution >= 4 is 27.9 Å². The van der Waals surface area contributed by atoms with Crippen molar-refractivity contribution in [1.82, 2.24) is 0 Å². The van der Waals surface area contributed by atoms with E-state index in [1.807, 2.05) is 0 Å². The summed E-state index contributed by atoms with van der Waals surface area (Å²) in [4.78, 5) is 23.5. The van der Waals surface area contributed by atoms with E-state index in [0.717, 1.165) is 0 Å². The van der Waals surface area contributed by atoms with Gasteiger partial charge in [0.25, 0.3) is 0 Å². The van der Waals surface area contributed by atoms with Crippen LogP contribution in [0.25, 0.3) is 0 Å². The lowest BCUT2D eigenvalue weighted by molar-refractivity contribution is -0.238. The molecule has 0 aromatic heterocycles. The molecule has 0 amide bonds. The Balaban J connectivity index is 3.91. The molecule has 6 heteroatoms. The van der Waals surface area contributed by atoms with Crippen LogP contribution in [-0.4, -0.2) is 27.1 Å². The summed E-state index contributed by atoms with van der Waals surface area (Å²) in [7, 11) is 0. The third kappa shape index (κ3) is 3.68. The Labute approximate surface area is 77.4 Å². The highest BCUT2D eigenvalue weighted by atomic mass is 79.9. The summed E-state index contributed by atoms with van der Waals surface area (Å²) in [6.45, 7) is 1.47. The van der Waals surface area contributed by atoms with Gasteiger partial charge in [-0.15, -0.1) is 0 Å². The average Bonchev–Trinajstić information content (AvgIpc) is 2.02. The summed E-state index contributed by atoms with van der Waals surface area (Å²) in [6, 6.07) is 0. The van der Waals surface area contributed by atoms with Gasteiger partial charge in [0.2, 0.25) is 0 Å². The topological polar surface area (TPSA) is 83.8 Å². The minimum atomic E-state index is -1.05. The summed E-state index contributed by atoms with van der Waals surface area (Å²) < 4.78 is 0. The second-order valence-electron chi connectivity index (χ2n) is 2.35. The molecular formula is C6H9BrO5. The number of carboxylic acid groups (broad SMARTS) is 1. The molecule has 0 aliphatic heterocycles. The Kier molecular flexibility index (Phi) is 4.84. The number of carbonyl (C=O) groups excluding carboxylic acids is 1. The van der Waals surface area contributed by atoms with Crippen molar-refractivity contribution in [3.63, 3.8) is 0 Å². The van der Waals surface area contributed by atoms with Crippen LogP contribution in [0.5, 0.6) is 0 Å². The number of hydrogen-bond acceptors (Lipinski definition) is 4. The predicted octanol–water partition coefficient (Wildman–Crippen LogP) is 0.877. The molecule has 2 N–H and O–H groups in total. The molecule has 0 aromatic rings. The third-order valence-electron chi connectivity index (χ3n) is 1.32. The Morgan fingerprint density at radius 2 is 2.08 bits per heavy atom. The largest absolute Gasteiger partial charge is 0.480 e. The lowest BCUT2D eigenvalue weighted by Gasteiger charge is -2.08. The smallest absolute Gasteiger partial charge is 0.344 e. The number of carbonyl (C=O) groups is 2. The summed E-state index contributed by atoms with van der Waals surface area (Å²) in [6.07, 6.45) is 0.0781. The lowest BCUT2D eigenvalue weighted by atomic mass is 10.1. The van der Waals surface area contributed by atoms with E-state index in [4.69, 9.17) is 10.4 Å². The van der Waals surface area contributed by atoms with Crippen molar-refractivity contribution in [2.45, 2.75) is 18.2 Å². The molecule has 0 aromatic carbocycles. The van der Waals surface area contributed by atoms with Crippen LogP contribution >= 0.6 is 15.9 Å². The molecule has 0 spiro atoms. The molecule has 5 nitrogen and oxygen atoms in total. The molecule has 0 saturated carbocycles. The first kappa shape index (κ1) is 11.4. The van der Waals surface area contributed by atoms with Crippen LogP contribution in [0, 0.1) is 5.92 Å². The van der Waals surface area contributed by atoms with Crippen LogP contribution in [0.15, 0.2) is 0 Å². The van der Waals surface area contributed by atoms with Crippen LogP contribution in [0.3, 0.4) is 0 Å². The maximum Gasteiger partial charge on any atom is 0.344 e. The van der Waals surface area contributed by atoms with Gasteiger partial charge < -0.3 is 9.99 Å². The van der Waals surface area contributed by atoms with E-state index in [9.17, 15) is 9.59 Å². The quantitative estimate of drug-likeness (QED) is 0.433. The van der Waals surface area contributed by atoms with Gasteiger partial charge in [-0.25, -0.2) is 4.79 Å². The van der Waals surface area contributed by atoms with E-state index >= 15 is 0 Å². The average molecular weight is 241 g/mol. The zero-order valence-corrected chi connectivity index (χ0v) is 7.94. The number of aliphatic carboxylic acids is 1. The van der Waals surface area contributed by atoms with Gasteiger partial charge in [0.1, 0.15) is 4.83 Å².